The normalized spacial score (nSPS) is 10.5. The fourth-order valence-corrected chi connectivity index (χ4v) is 3.73. The lowest BCUT2D eigenvalue weighted by Crippen LogP contribution is -2.11. The number of aryl methyl sites for hydroxylation is 2. The Kier molecular flexibility index (Phi) is 8.77. The Morgan fingerprint density at radius 1 is 1.08 bits per heavy atom. The van der Waals surface area contributed by atoms with Crippen LogP contribution >= 0.6 is 0 Å². The molecule has 8 heteroatoms. The van der Waals surface area contributed by atoms with Crippen LogP contribution in [0.4, 0.5) is 23.1 Å². The average Bonchev–Trinajstić information content (AvgIpc) is 2.85. The van der Waals surface area contributed by atoms with Crippen LogP contribution in [0.15, 0.2) is 49.1 Å². The molecule has 182 valence electrons. The molecule has 8 nitrogen and oxygen atoms in total. The van der Waals surface area contributed by atoms with Gasteiger partial charge in [-0.1, -0.05) is 6.58 Å². The molecule has 2 N–H and O–H groups in total. The van der Waals surface area contributed by atoms with Crippen LogP contribution in [-0.4, -0.2) is 23.7 Å². The van der Waals surface area contributed by atoms with Gasteiger partial charge in [-0.05, 0) is 79.9 Å². The van der Waals surface area contributed by atoms with E-state index in [1.165, 1.54) is 6.08 Å². The minimum absolute atomic E-state index is 0.219. The van der Waals surface area contributed by atoms with Crippen molar-refractivity contribution in [1.82, 2.24) is 9.97 Å². The third-order valence-electron chi connectivity index (χ3n) is 5.28. The molecule has 2 aromatic carbocycles. The van der Waals surface area contributed by atoms with Crippen molar-refractivity contribution in [2.24, 2.45) is 0 Å². The molecule has 0 spiro atoms. The molecule has 36 heavy (non-hydrogen) atoms. The third-order valence-corrected chi connectivity index (χ3v) is 5.28. The Balaban J connectivity index is 2.11. The van der Waals surface area contributed by atoms with Gasteiger partial charge < -0.3 is 20.1 Å². The average molecular weight is 481 g/mol. The number of anilines is 4. The molecule has 0 aliphatic heterocycles. The topological polar surface area (TPSA) is 116 Å². The van der Waals surface area contributed by atoms with Crippen molar-refractivity contribution < 1.29 is 9.47 Å². The van der Waals surface area contributed by atoms with E-state index in [2.05, 4.69) is 28.3 Å². The van der Waals surface area contributed by atoms with Gasteiger partial charge >= 0.3 is 0 Å². The first kappa shape index (κ1) is 26.0. The molecule has 0 radical (unpaired) electrons. The van der Waals surface area contributed by atoms with Crippen molar-refractivity contribution in [3.05, 3.63) is 82.6 Å². The number of ether oxygens (including phenoxy) is 2. The molecule has 1 heterocycles. The van der Waals surface area contributed by atoms with Crippen molar-refractivity contribution in [3.8, 4) is 12.1 Å². The zero-order valence-electron chi connectivity index (χ0n) is 20.8. The highest BCUT2D eigenvalue weighted by atomic mass is 16.5. The minimum Gasteiger partial charge on any atom is -0.494 e. The van der Waals surface area contributed by atoms with Crippen LogP contribution in [0.1, 0.15) is 40.4 Å². The predicted molar refractivity (Wildman–Crippen MR) is 142 cm³/mol. The van der Waals surface area contributed by atoms with Gasteiger partial charge in [-0.15, -0.1) is 0 Å². The van der Waals surface area contributed by atoms with E-state index in [1.807, 2.05) is 39.0 Å². The van der Waals surface area contributed by atoms with Crippen LogP contribution in [0, 0.1) is 36.5 Å². The second-order valence-corrected chi connectivity index (χ2v) is 7.94. The maximum absolute atomic E-state index is 9.07. The molecule has 0 saturated heterocycles. The van der Waals surface area contributed by atoms with E-state index in [1.54, 1.807) is 37.5 Å². The standard InChI is InChI=1S/C28H28N6O2/c1-6-36-20(4)25-24(17-35-5)32-28(31-23-11-9-21(16-30)10-12-23)34-27(25)33-26-18(2)14-22(8-7-13-29)15-19(26)3/h7-12,14-15H,4,6,17H2,1-3,5H3,(H2,31,32,33,34)/b8-7+. The SMILES string of the molecule is C=C(OCC)c1c(COC)nc(Nc2ccc(C#N)cc2)nc1Nc1c(C)cc(/C=C/C#N)cc1C. The molecule has 0 atom stereocenters. The van der Waals surface area contributed by atoms with Gasteiger partial charge in [0.1, 0.15) is 11.6 Å². The summed E-state index contributed by atoms with van der Waals surface area (Å²) in [6.07, 6.45) is 3.22. The molecule has 1 aromatic heterocycles. The molecular formula is C28H28N6O2. The van der Waals surface area contributed by atoms with Gasteiger partial charge in [0.15, 0.2) is 0 Å². The zero-order valence-corrected chi connectivity index (χ0v) is 20.8. The minimum atomic E-state index is 0.219. The van der Waals surface area contributed by atoms with E-state index >= 15 is 0 Å². The number of aromatic nitrogens is 2. The number of allylic oxidation sites excluding steroid dienone is 1. The van der Waals surface area contributed by atoms with Gasteiger partial charge in [-0.25, -0.2) is 4.98 Å². The first-order chi connectivity index (χ1) is 17.4. The summed E-state index contributed by atoms with van der Waals surface area (Å²) in [4.78, 5) is 9.42. The Morgan fingerprint density at radius 3 is 2.36 bits per heavy atom. The number of nitrogens with one attached hydrogen (secondary N) is 2. The number of nitriles is 2. The molecule has 3 aromatic rings. The number of benzene rings is 2. The fourth-order valence-electron chi connectivity index (χ4n) is 3.73. The summed E-state index contributed by atoms with van der Waals surface area (Å²) >= 11 is 0. The molecule has 0 aliphatic rings. The smallest absolute Gasteiger partial charge is 0.229 e. The lowest BCUT2D eigenvalue weighted by molar-refractivity contribution is 0.180. The predicted octanol–water partition coefficient (Wildman–Crippen LogP) is 6.14. The molecule has 0 bridgehead atoms. The van der Waals surface area contributed by atoms with Crippen LogP contribution in [-0.2, 0) is 16.1 Å². The number of rotatable bonds is 10. The highest BCUT2D eigenvalue weighted by Gasteiger charge is 2.20. The van der Waals surface area contributed by atoms with Crippen LogP contribution < -0.4 is 10.6 Å². The summed E-state index contributed by atoms with van der Waals surface area (Å²) in [7, 11) is 1.60. The van der Waals surface area contributed by atoms with E-state index in [0.29, 0.717) is 41.0 Å². The summed E-state index contributed by atoms with van der Waals surface area (Å²) in [5.41, 5.74) is 6.29. The van der Waals surface area contributed by atoms with Gasteiger partial charge in [0, 0.05) is 24.6 Å². The first-order valence-corrected chi connectivity index (χ1v) is 11.3. The summed E-state index contributed by atoms with van der Waals surface area (Å²) in [6.45, 7) is 10.6. The molecule has 0 amide bonds. The lowest BCUT2D eigenvalue weighted by Gasteiger charge is -2.20. The largest absolute Gasteiger partial charge is 0.494 e. The number of methoxy groups -OCH3 is 1. The van der Waals surface area contributed by atoms with Gasteiger partial charge in [-0.3, -0.25) is 0 Å². The monoisotopic (exact) mass is 480 g/mol. The van der Waals surface area contributed by atoms with Crippen LogP contribution in [0.2, 0.25) is 0 Å². The zero-order chi connectivity index (χ0) is 26.1. The quantitative estimate of drug-likeness (QED) is 0.262. The van der Waals surface area contributed by atoms with Crippen LogP contribution in [0.25, 0.3) is 11.8 Å². The molecule has 0 fully saturated rings. The lowest BCUT2D eigenvalue weighted by atomic mass is 10.0. The summed E-state index contributed by atoms with van der Waals surface area (Å²) in [5.74, 6) is 1.30. The first-order valence-electron chi connectivity index (χ1n) is 11.3. The maximum atomic E-state index is 9.07. The molecule has 0 saturated carbocycles. The van der Waals surface area contributed by atoms with Crippen LogP contribution in [0.5, 0.6) is 0 Å². The van der Waals surface area contributed by atoms with Crippen molar-refractivity contribution in [2.75, 3.05) is 24.4 Å². The maximum Gasteiger partial charge on any atom is 0.229 e. The Labute approximate surface area is 211 Å². The third kappa shape index (κ3) is 6.26. The van der Waals surface area contributed by atoms with E-state index in [9.17, 15) is 0 Å². The second-order valence-electron chi connectivity index (χ2n) is 7.94. The van der Waals surface area contributed by atoms with Crippen molar-refractivity contribution in [1.29, 1.82) is 10.5 Å². The van der Waals surface area contributed by atoms with Gasteiger partial charge in [0.05, 0.1) is 42.2 Å². The van der Waals surface area contributed by atoms with Crippen molar-refractivity contribution in [2.45, 2.75) is 27.4 Å². The van der Waals surface area contributed by atoms with Gasteiger partial charge in [-0.2, -0.15) is 15.5 Å². The highest BCUT2D eigenvalue weighted by Crippen LogP contribution is 2.33. The van der Waals surface area contributed by atoms with Crippen molar-refractivity contribution >= 4 is 35.0 Å². The van der Waals surface area contributed by atoms with E-state index in [0.717, 1.165) is 28.1 Å². The van der Waals surface area contributed by atoms with E-state index < -0.39 is 0 Å². The number of hydrogen-bond acceptors (Lipinski definition) is 8. The highest BCUT2D eigenvalue weighted by molar-refractivity contribution is 5.78. The Morgan fingerprint density at radius 2 is 1.78 bits per heavy atom. The molecule has 0 unspecified atom stereocenters. The molecule has 3 rings (SSSR count). The van der Waals surface area contributed by atoms with Gasteiger partial charge in [0.25, 0.3) is 0 Å². The Hall–Kier alpha value is -4.66. The van der Waals surface area contributed by atoms with E-state index in [4.69, 9.17) is 25.0 Å². The summed E-state index contributed by atoms with van der Waals surface area (Å²) in [5, 5.41) is 24.6. The van der Waals surface area contributed by atoms with Crippen LogP contribution in [0.3, 0.4) is 0 Å². The van der Waals surface area contributed by atoms with Crippen molar-refractivity contribution in [3.63, 3.8) is 0 Å². The summed E-state index contributed by atoms with van der Waals surface area (Å²) < 4.78 is 11.2. The second kappa shape index (κ2) is 12.2. The van der Waals surface area contributed by atoms with E-state index in [-0.39, 0.29) is 6.61 Å². The number of nitrogens with zero attached hydrogens (tertiary/aromatic N) is 4. The molecule has 0 aliphatic carbocycles. The summed E-state index contributed by atoms with van der Waals surface area (Å²) in [6, 6.07) is 15.1. The Bertz CT molecular complexity index is 1340. The van der Waals surface area contributed by atoms with Gasteiger partial charge in [0.2, 0.25) is 5.95 Å². The number of hydrogen-bond donors (Lipinski definition) is 2. The molecular weight excluding hydrogens is 452 g/mol. The fraction of sp³-hybridized carbons (Fsp3) is 0.214.